The quantitative estimate of drug-likeness (QED) is 0.717. The summed E-state index contributed by atoms with van der Waals surface area (Å²) in [4.78, 5) is 14.2. The number of fused-ring (bicyclic) bond motifs is 1. The molecule has 2 N–H and O–H groups in total. The molecule has 0 spiro atoms. The summed E-state index contributed by atoms with van der Waals surface area (Å²) in [5.41, 5.74) is 0.817. The second-order valence-corrected chi connectivity index (χ2v) is 6.26. The minimum Gasteiger partial charge on any atom is -0.468 e. The molecule has 2 heterocycles. The number of furan rings is 2. The van der Waals surface area contributed by atoms with Gasteiger partial charge in [0.25, 0.3) is 0 Å². The zero-order chi connectivity index (χ0) is 17.8. The highest BCUT2D eigenvalue weighted by Gasteiger charge is 2.19. The van der Waals surface area contributed by atoms with E-state index in [2.05, 4.69) is 10.6 Å². The molecule has 2 atom stereocenters. The van der Waals surface area contributed by atoms with Crippen LogP contribution < -0.4 is 10.6 Å². The first-order valence-electron chi connectivity index (χ1n) is 8.27. The lowest BCUT2D eigenvalue weighted by Crippen LogP contribution is -2.41. The molecule has 0 saturated heterocycles. The zero-order valence-electron chi connectivity index (χ0n) is 14.7. The highest BCUT2D eigenvalue weighted by molar-refractivity contribution is 5.78. The Hall–Kier alpha value is -2.73. The molecule has 6 nitrogen and oxygen atoms in total. The fraction of sp³-hybridized carbons (Fsp3) is 0.316. The largest absolute Gasteiger partial charge is 0.468 e. The second kappa shape index (κ2) is 7.44. The van der Waals surface area contributed by atoms with Crippen molar-refractivity contribution in [2.45, 2.75) is 19.0 Å². The van der Waals surface area contributed by atoms with Crippen LogP contribution in [0.5, 0.6) is 0 Å². The number of likely N-dealkylation sites (N-methyl/N-ethyl adjacent to an activating group) is 1. The maximum atomic E-state index is 12.2. The molecule has 0 radical (unpaired) electrons. The first kappa shape index (κ1) is 17.1. The molecule has 0 saturated carbocycles. The number of para-hydroxylation sites is 1. The summed E-state index contributed by atoms with van der Waals surface area (Å²) in [7, 11) is 3.90. The first-order valence-corrected chi connectivity index (χ1v) is 8.27. The molecule has 0 aliphatic rings. The Kier molecular flexibility index (Phi) is 5.09. The molecule has 3 rings (SSSR count). The molecule has 1 aromatic carbocycles. The van der Waals surface area contributed by atoms with Crippen LogP contribution in [-0.4, -0.2) is 31.6 Å². The van der Waals surface area contributed by atoms with Crippen LogP contribution in [0.15, 0.2) is 57.6 Å². The fourth-order valence-corrected chi connectivity index (χ4v) is 2.74. The van der Waals surface area contributed by atoms with E-state index in [1.807, 2.05) is 68.4 Å². The van der Waals surface area contributed by atoms with Gasteiger partial charge < -0.3 is 19.5 Å². The number of urea groups is 1. The van der Waals surface area contributed by atoms with Crippen molar-refractivity contribution in [3.05, 3.63) is 60.2 Å². The SMILES string of the molecule is CC(NC(=O)NCC(c1ccco1)N(C)C)c1cc2ccccc2o1. The van der Waals surface area contributed by atoms with Gasteiger partial charge in [0.05, 0.1) is 18.3 Å². The van der Waals surface area contributed by atoms with Gasteiger partial charge in [-0.25, -0.2) is 4.79 Å². The molecule has 2 unspecified atom stereocenters. The average Bonchev–Trinajstić information content (AvgIpc) is 3.24. The third-order valence-corrected chi connectivity index (χ3v) is 4.17. The monoisotopic (exact) mass is 341 g/mol. The molecule has 2 aromatic heterocycles. The van der Waals surface area contributed by atoms with Gasteiger partial charge in [-0.15, -0.1) is 0 Å². The van der Waals surface area contributed by atoms with Gasteiger partial charge in [0.1, 0.15) is 17.1 Å². The Balaban J connectivity index is 1.58. The van der Waals surface area contributed by atoms with Gasteiger partial charge in [0.15, 0.2) is 0 Å². The summed E-state index contributed by atoms with van der Waals surface area (Å²) < 4.78 is 11.2. The van der Waals surface area contributed by atoms with E-state index in [1.54, 1.807) is 6.26 Å². The highest BCUT2D eigenvalue weighted by atomic mass is 16.3. The van der Waals surface area contributed by atoms with E-state index in [0.717, 1.165) is 22.5 Å². The lowest BCUT2D eigenvalue weighted by Gasteiger charge is -2.23. The smallest absolute Gasteiger partial charge is 0.315 e. The average molecular weight is 341 g/mol. The summed E-state index contributed by atoms with van der Waals surface area (Å²) in [5.74, 6) is 1.54. The van der Waals surface area contributed by atoms with Crippen LogP contribution in [0.4, 0.5) is 4.79 Å². The van der Waals surface area contributed by atoms with Crippen molar-refractivity contribution >= 4 is 17.0 Å². The number of nitrogens with one attached hydrogen (secondary N) is 2. The first-order chi connectivity index (χ1) is 12.0. The van der Waals surface area contributed by atoms with E-state index in [0.29, 0.717) is 6.54 Å². The van der Waals surface area contributed by atoms with Gasteiger partial charge in [-0.05, 0) is 45.3 Å². The molecular weight excluding hydrogens is 318 g/mol. The molecule has 0 fully saturated rings. The number of hydrogen-bond donors (Lipinski definition) is 2. The Morgan fingerprint density at radius 1 is 1.16 bits per heavy atom. The Labute approximate surface area is 146 Å². The molecule has 0 bridgehead atoms. The van der Waals surface area contributed by atoms with Gasteiger partial charge in [-0.3, -0.25) is 4.90 Å². The summed E-state index contributed by atoms with van der Waals surface area (Å²) in [6, 6.07) is 13.0. The summed E-state index contributed by atoms with van der Waals surface area (Å²) in [5, 5.41) is 6.82. The van der Waals surface area contributed by atoms with Crippen LogP contribution in [0.3, 0.4) is 0 Å². The molecule has 6 heteroatoms. The molecule has 0 aliphatic heterocycles. The predicted molar refractivity (Wildman–Crippen MR) is 96.3 cm³/mol. The van der Waals surface area contributed by atoms with E-state index in [-0.39, 0.29) is 18.1 Å². The van der Waals surface area contributed by atoms with E-state index in [1.165, 1.54) is 0 Å². The highest BCUT2D eigenvalue weighted by Crippen LogP contribution is 2.23. The van der Waals surface area contributed by atoms with Gasteiger partial charge in [0.2, 0.25) is 0 Å². The van der Waals surface area contributed by atoms with Crippen molar-refractivity contribution < 1.29 is 13.6 Å². The van der Waals surface area contributed by atoms with Crippen LogP contribution in [0.1, 0.15) is 30.5 Å². The number of amides is 2. The minimum absolute atomic E-state index is 0.0257. The fourth-order valence-electron chi connectivity index (χ4n) is 2.74. The van der Waals surface area contributed by atoms with Crippen molar-refractivity contribution in [2.24, 2.45) is 0 Å². The van der Waals surface area contributed by atoms with Crippen LogP contribution in [0, 0.1) is 0 Å². The lowest BCUT2D eigenvalue weighted by molar-refractivity contribution is 0.222. The predicted octanol–water partition coefficient (Wildman–Crippen LogP) is 3.69. The van der Waals surface area contributed by atoms with Crippen molar-refractivity contribution in [2.75, 3.05) is 20.6 Å². The number of nitrogens with zero attached hydrogens (tertiary/aromatic N) is 1. The Bertz CT molecular complexity index is 790. The van der Waals surface area contributed by atoms with Gasteiger partial charge >= 0.3 is 6.03 Å². The van der Waals surface area contributed by atoms with Gasteiger partial charge in [-0.2, -0.15) is 0 Å². The number of carbonyl (C=O) groups excluding carboxylic acids is 1. The topological polar surface area (TPSA) is 70.7 Å². The molecular formula is C19H23N3O3. The molecule has 2 amide bonds. The van der Waals surface area contributed by atoms with Crippen molar-refractivity contribution in [3.8, 4) is 0 Å². The lowest BCUT2D eigenvalue weighted by atomic mass is 10.2. The van der Waals surface area contributed by atoms with E-state index >= 15 is 0 Å². The third kappa shape index (κ3) is 4.03. The molecule has 132 valence electrons. The van der Waals surface area contributed by atoms with Crippen molar-refractivity contribution in [1.82, 2.24) is 15.5 Å². The zero-order valence-corrected chi connectivity index (χ0v) is 14.7. The van der Waals surface area contributed by atoms with E-state index in [4.69, 9.17) is 8.83 Å². The normalized spacial score (nSPS) is 13.8. The third-order valence-electron chi connectivity index (χ3n) is 4.17. The minimum atomic E-state index is -0.244. The number of hydrogen-bond acceptors (Lipinski definition) is 4. The van der Waals surface area contributed by atoms with Crippen LogP contribution >= 0.6 is 0 Å². The van der Waals surface area contributed by atoms with Crippen LogP contribution in [0.2, 0.25) is 0 Å². The number of carbonyl (C=O) groups is 1. The Morgan fingerprint density at radius 3 is 2.64 bits per heavy atom. The summed E-state index contributed by atoms with van der Waals surface area (Å²) >= 11 is 0. The van der Waals surface area contributed by atoms with Crippen molar-refractivity contribution in [1.29, 1.82) is 0 Å². The molecule has 3 aromatic rings. The van der Waals surface area contributed by atoms with Gasteiger partial charge in [-0.1, -0.05) is 18.2 Å². The van der Waals surface area contributed by atoms with E-state index < -0.39 is 0 Å². The maximum absolute atomic E-state index is 12.2. The molecule has 25 heavy (non-hydrogen) atoms. The maximum Gasteiger partial charge on any atom is 0.315 e. The van der Waals surface area contributed by atoms with Crippen LogP contribution in [0.25, 0.3) is 11.0 Å². The summed E-state index contributed by atoms with van der Waals surface area (Å²) in [6.45, 7) is 2.34. The van der Waals surface area contributed by atoms with Crippen molar-refractivity contribution in [3.63, 3.8) is 0 Å². The Morgan fingerprint density at radius 2 is 1.96 bits per heavy atom. The second-order valence-electron chi connectivity index (χ2n) is 6.26. The van der Waals surface area contributed by atoms with Crippen LogP contribution in [-0.2, 0) is 0 Å². The number of benzene rings is 1. The van der Waals surface area contributed by atoms with E-state index in [9.17, 15) is 4.79 Å². The number of rotatable bonds is 6. The summed E-state index contributed by atoms with van der Waals surface area (Å²) in [6.07, 6.45) is 1.63. The molecule has 0 aliphatic carbocycles. The van der Waals surface area contributed by atoms with Gasteiger partial charge in [0, 0.05) is 11.9 Å². The standard InChI is InChI=1S/C19H23N3O3/c1-13(18-11-14-7-4-5-8-16(14)25-18)21-19(23)20-12-15(22(2)3)17-9-6-10-24-17/h4-11,13,15H,12H2,1-3H3,(H2,20,21,23).